The third-order valence-electron chi connectivity index (χ3n) is 1.66. The van der Waals surface area contributed by atoms with Gasteiger partial charge in [0.1, 0.15) is 5.69 Å². The van der Waals surface area contributed by atoms with Crippen LogP contribution in [0.15, 0.2) is 6.07 Å². The second-order valence-corrected chi connectivity index (χ2v) is 3.02. The zero-order valence-electron chi connectivity index (χ0n) is 7.58. The normalized spacial score (nSPS) is 10.1. The zero-order valence-corrected chi connectivity index (χ0v) is 9.17. The number of hydrogen-bond donors (Lipinski definition) is 0. The van der Waals surface area contributed by atoms with Crippen LogP contribution in [0.2, 0.25) is 0 Å². The lowest BCUT2D eigenvalue weighted by Gasteiger charge is -2.00. The Labute approximate surface area is 85.0 Å². The van der Waals surface area contributed by atoms with Crippen LogP contribution in [0, 0.1) is 0 Å². The second-order valence-electron chi connectivity index (χ2n) is 2.46. The summed E-state index contributed by atoms with van der Waals surface area (Å²) in [4.78, 5) is 11.2. The van der Waals surface area contributed by atoms with Gasteiger partial charge >= 0.3 is 5.97 Å². The predicted molar refractivity (Wildman–Crippen MR) is 51.9 cm³/mol. The molecule has 13 heavy (non-hydrogen) atoms. The maximum Gasteiger partial charge on any atom is 0.356 e. The molecule has 0 radical (unpaired) electrons. The smallest absolute Gasteiger partial charge is 0.356 e. The molecule has 0 aliphatic carbocycles. The standard InChI is InChI=1S/C8H11BrN2O2/c1-3-11-7(8(12)13-2)4-6(5-9)10-11/h4H,3,5H2,1-2H3. The van der Waals surface area contributed by atoms with E-state index in [1.807, 2.05) is 6.92 Å². The number of aromatic nitrogens is 2. The number of methoxy groups -OCH3 is 1. The van der Waals surface area contributed by atoms with E-state index >= 15 is 0 Å². The summed E-state index contributed by atoms with van der Waals surface area (Å²) in [6, 6.07) is 1.73. The summed E-state index contributed by atoms with van der Waals surface area (Å²) in [6.45, 7) is 2.59. The molecule has 0 amide bonds. The number of alkyl halides is 1. The van der Waals surface area contributed by atoms with Gasteiger partial charge in [-0.15, -0.1) is 0 Å². The molecule has 0 bridgehead atoms. The Bertz CT molecular complexity index is 309. The van der Waals surface area contributed by atoms with E-state index in [4.69, 9.17) is 0 Å². The Kier molecular flexibility index (Phi) is 3.48. The maximum atomic E-state index is 11.2. The molecule has 0 aromatic carbocycles. The summed E-state index contributed by atoms with van der Waals surface area (Å²) < 4.78 is 6.25. The van der Waals surface area contributed by atoms with Crippen LogP contribution in [0.25, 0.3) is 0 Å². The first-order chi connectivity index (χ1) is 6.22. The fourth-order valence-electron chi connectivity index (χ4n) is 1.05. The molecule has 72 valence electrons. The molecule has 1 aromatic rings. The molecule has 0 spiro atoms. The van der Waals surface area contributed by atoms with Crippen molar-refractivity contribution in [2.24, 2.45) is 0 Å². The van der Waals surface area contributed by atoms with Crippen molar-refractivity contribution in [3.63, 3.8) is 0 Å². The number of carbonyl (C=O) groups is 1. The van der Waals surface area contributed by atoms with Crippen LogP contribution >= 0.6 is 15.9 Å². The average Bonchev–Trinajstić information content (AvgIpc) is 2.59. The average molecular weight is 247 g/mol. The largest absolute Gasteiger partial charge is 0.464 e. The van der Waals surface area contributed by atoms with Crippen LogP contribution in [0.1, 0.15) is 23.1 Å². The van der Waals surface area contributed by atoms with Crippen molar-refractivity contribution in [2.75, 3.05) is 7.11 Å². The predicted octanol–water partition coefficient (Wildman–Crippen LogP) is 1.58. The Balaban J connectivity index is 3.03. The highest BCUT2D eigenvalue weighted by atomic mass is 79.9. The van der Waals surface area contributed by atoms with Gasteiger partial charge in [-0.25, -0.2) is 4.79 Å². The van der Waals surface area contributed by atoms with Gasteiger partial charge in [-0.1, -0.05) is 15.9 Å². The van der Waals surface area contributed by atoms with Crippen LogP contribution < -0.4 is 0 Å². The molecule has 0 unspecified atom stereocenters. The van der Waals surface area contributed by atoms with E-state index in [9.17, 15) is 4.79 Å². The molecule has 0 N–H and O–H groups in total. The van der Waals surface area contributed by atoms with Crippen LogP contribution in [-0.4, -0.2) is 22.9 Å². The molecule has 5 heteroatoms. The minimum Gasteiger partial charge on any atom is -0.464 e. The van der Waals surface area contributed by atoms with E-state index in [0.717, 1.165) is 5.69 Å². The Morgan fingerprint density at radius 3 is 2.92 bits per heavy atom. The lowest BCUT2D eigenvalue weighted by molar-refractivity contribution is 0.0587. The molecule has 0 fully saturated rings. The first kappa shape index (κ1) is 10.2. The number of nitrogens with zero attached hydrogens (tertiary/aromatic N) is 2. The highest BCUT2D eigenvalue weighted by Crippen LogP contribution is 2.08. The van der Waals surface area contributed by atoms with Crippen molar-refractivity contribution >= 4 is 21.9 Å². The minimum absolute atomic E-state index is 0.346. The molecule has 0 aliphatic rings. The third kappa shape index (κ3) is 2.09. The van der Waals surface area contributed by atoms with Gasteiger partial charge < -0.3 is 4.74 Å². The summed E-state index contributed by atoms with van der Waals surface area (Å²) in [6.07, 6.45) is 0. The summed E-state index contributed by atoms with van der Waals surface area (Å²) in [5, 5.41) is 4.83. The number of rotatable bonds is 3. The van der Waals surface area contributed by atoms with Gasteiger partial charge in [-0.3, -0.25) is 4.68 Å². The van der Waals surface area contributed by atoms with Crippen LogP contribution in [-0.2, 0) is 16.6 Å². The van der Waals surface area contributed by atoms with E-state index in [1.54, 1.807) is 10.7 Å². The molecule has 0 saturated heterocycles. The lowest BCUT2D eigenvalue weighted by atomic mass is 10.4. The first-order valence-corrected chi connectivity index (χ1v) is 5.06. The lowest BCUT2D eigenvalue weighted by Crippen LogP contribution is -2.10. The van der Waals surface area contributed by atoms with Gasteiger partial charge in [0.05, 0.1) is 12.8 Å². The number of esters is 1. The second kappa shape index (κ2) is 4.41. The van der Waals surface area contributed by atoms with Gasteiger partial charge in [0.2, 0.25) is 0 Å². The molecule has 1 heterocycles. The van der Waals surface area contributed by atoms with Gasteiger partial charge in [0, 0.05) is 11.9 Å². The van der Waals surface area contributed by atoms with Gasteiger partial charge in [0.25, 0.3) is 0 Å². The number of halogens is 1. The van der Waals surface area contributed by atoms with Crippen molar-refractivity contribution in [3.8, 4) is 0 Å². The number of carbonyl (C=O) groups excluding carboxylic acids is 1. The fraction of sp³-hybridized carbons (Fsp3) is 0.500. The maximum absolute atomic E-state index is 11.2. The molecule has 1 aromatic heterocycles. The topological polar surface area (TPSA) is 44.1 Å². The quantitative estimate of drug-likeness (QED) is 0.601. The summed E-state index contributed by atoms with van der Waals surface area (Å²) >= 11 is 3.28. The molecule has 0 saturated carbocycles. The van der Waals surface area contributed by atoms with Crippen LogP contribution in [0.4, 0.5) is 0 Å². The highest BCUT2D eigenvalue weighted by molar-refractivity contribution is 9.08. The molecule has 1 rings (SSSR count). The van der Waals surface area contributed by atoms with E-state index < -0.39 is 0 Å². The van der Waals surface area contributed by atoms with Crippen LogP contribution in [0.5, 0.6) is 0 Å². The van der Waals surface area contributed by atoms with Crippen molar-refractivity contribution in [1.82, 2.24) is 9.78 Å². The van der Waals surface area contributed by atoms with Gasteiger partial charge in [0.15, 0.2) is 0 Å². The van der Waals surface area contributed by atoms with Gasteiger partial charge in [-0.2, -0.15) is 5.10 Å². The van der Waals surface area contributed by atoms with Crippen molar-refractivity contribution < 1.29 is 9.53 Å². The van der Waals surface area contributed by atoms with E-state index in [0.29, 0.717) is 17.6 Å². The van der Waals surface area contributed by atoms with Crippen molar-refractivity contribution in [1.29, 1.82) is 0 Å². The monoisotopic (exact) mass is 246 g/mol. The molecular formula is C8H11BrN2O2. The zero-order chi connectivity index (χ0) is 9.84. The van der Waals surface area contributed by atoms with Crippen molar-refractivity contribution in [2.45, 2.75) is 18.8 Å². The number of hydrogen-bond acceptors (Lipinski definition) is 3. The Morgan fingerprint density at radius 2 is 2.46 bits per heavy atom. The SMILES string of the molecule is CCn1nc(CBr)cc1C(=O)OC. The minimum atomic E-state index is -0.346. The molecular weight excluding hydrogens is 236 g/mol. The fourth-order valence-corrected chi connectivity index (χ4v) is 1.32. The highest BCUT2D eigenvalue weighted by Gasteiger charge is 2.13. The Hall–Kier alpha value is -0.840. The molecule has 0 atom stereocenters. The molecule has 4 nitrogen and oxygen atoms in total. The van der Waals surface area contributed by atoms with Gasteiger partial charge in [-0.05, 0) is 13.0 Å². The third-order valence-corrected chi connectivity index (χ3v) is 2.24. The number of ether oxygens (including phenoxy) is 1. The summed E-state index contributed by atoms with van der Waals surface area (Å²) in [5.41, 5.74) is 1.33. The van der Waals surface area contributed by atoms with E-state index in [-0.39, 0.29) is 5.97 Å². The number of aryl methyl sites for hydroxylation is 1. The molecule has 0 aliphatic heterocycles. The Morgan fingerprint density at radius 1 is 1.77 bits per heavy atom. The summed E-state index contributed by atoms with van der Waals surface area (Å²) in [7, 11) is 1.36. The van der Waals surface area contributed by atoms with Crippen LogP contribution in [0.3, 0.4) is 0 Å². The van der Waals surface area contributed by atoms with Crippen molar-refractivity contribution in [3.05, 3.63) is 17.5 Å². The summed E-state index contributed by atoms with van der Waals surface area (Å²) in [5.74, 6) is -0.346. The van der Waals surface area contributed by atoms with E-state index in [1.165, 1.54) is 7.11 Å². The van der Waals surface area contributed by atoms with E-state index in [2.05, 4.69) is 25.8 Å². The first-order valence-electron chi connectivity index (χ1n) is 3.94.